The summed E-state index contributed by atoms with van der Waals surface area (Å²) in [5, 5.41) is 9.10. The summed E-state index contributed by atoms with van der Waals surface area (Å²) in [6.45, 7) is 5.10. The van der Waals surface area contributed by atoms with Gasteiger partial charge in [0.1, 0.15) is 17.0 Å². The number of nitrogens with zero attached hydrogens (tertiary/aromatic N) is 1. The molecular weight excluding hydrogens is 693 g/mol. The number of unbranched alkanes of at least 4 members (excludes halogenated alkanes) is 2. The predicted octanol–water partition coefficient (Wildman–Crippen LogP) is 7.01. The van der Waals surface area contributed by atoms with Crippen molar-refractivity contribution in [2.24, 2.45) is 17.1 Å². The monoisotopic (exact) mass is 735 g/mol. The molecule has 0 aliphatic heterocycles. The van der Waals surface area contributed by atoms with Crippen LogP contribution in [0.25, 0.3) is 10.9 Å². The van der Waals surface area contributed by atoms with Crippen LogP contribution in [0.15, 0.2) is 66.9 Å². The molecular formula is C38H43F2N5O6S. The minimum atomic E-state index is -1.29. The molecule has 52 heavy (non-hydrogen) atoms. The maximum absolute atomic E-state index is 15.3. The van der Waals surface area contributed by atoms with Gasteiger partial charge in [0, 0.05) is 41.0 Å². The molecule has 1 aromatic heterocycles. The Morgan fingerprint density at radius 3 is 2.27 bits per heavy atom. The van der Waals surface area contributed by atoms with Crippen LogP contribution in [0.4, 0.5) is 20.2 Å². The lowest BCUT2D eigenvalue weighted by Gasteiger charge is -2.16. The molecule has 1 aliphatic carbocycles. The minimum absolute atomic E-state index is 0.00470. The first-order valence-electron chi connectivity index (χ1n) is 17.1. The van der Waals surface area contributed by atoms with Crippen LogP contribution in [-0.4, -0.2) is 54.1 Å². The maximum Gasteiger partial charge on any atom is 0.240 e. The molecule has 276 valence electrons. The smallest absolute Gasteiger partial charge is 0.240 e. The average Bonchev–Trinajstić information content (AvgIpc) is 3.95. The van der Waals surface area contributed by atoms with Crippen molar-refractivity contribution < 1.29 is 37.4 Å². The number of amides is 2. The van der Waals surface area contributed by atoms with Crippen LogP contribution in [0.5, 0.6) is 23.0 Å². The summed E-state index contributed by atoms with van der Waals surface area (Å²) in [5.41, 5.74) is 5.67. The zero-order chi connectivity index (χ0) is 37.3. The van der Waals surface area contributed by atoms with Crippen molar-refractivity contribution in [1.82, 2.24) is 10.3 Å². The van der Waals surface area contributed by atoms with Gasteiger partial charge in [0.25, 0.3) is 0 Å². The number of methoxy groups -OCH3 is 1. The van der Waals surface area contributed by atoms with Gasteiger partial charge in [-0.05, 0) is 93.1 Å². The van der Waals surface area contributed by atoms with Crippen molar-refractivity contribution in [3.05, 3.63) is 78.5 Å². The summed E-state index contributed by atoms with van der Waals surface area (Å²) in [6.07, 6.45) is 4.86. The summed E-state index contributed by atoms with van der Waals surface area (Å²) >= 11 is 1.21. The molecule has 0 bridgehead atoms. The highest BCUT2D eigenvalue weighted by Gasteiger charge is 2.56. The number of benzene rings is 3. The van der Waals surface area contributed by atoms with Crippen LogP contribution in [-0.2, 0) is 14.4 Å². The Kier molecular flexibility index (Phi) is 13.0. The Balaban J connectivity index is 1.13. The third-order valence-corrected chi connectivity index (χ3v) is 9.59. The average molecular weight is 736 g/mol. The maximum atomic E-state index is 15.3. The molecule has 1 fully saturated rings. The summed E-state index contributed by atoms with van der Waals surface area (Å²) in [6, 6.07) is 13.9. The first-order chi connectivity index (χ1) is 25.0. The highest BCUT2D eigenvalue weighted by molar-refractivity contribution is 8.13. The standard InChI is InChI=1S/C38H43F2N5O6S/c1-23(2)34(41)35(46)52-22-42-16-5-4-6-18-50-33-21-29-27(20-32(33)49-3)30(13-17-43-29)51-31-12-11-26(19-28(31)40)45-37(48)38(14-15-38)36(47)44-25-9-7-24(39)8-10-25/h7-13,17,19-21,23,34,42H,4-6,14-16,18,22,41H2,1-3H3,(H,44,47)(H,45,48). The molecule has 5 N–H and O–H groups in total. The molecule has 0 radical (unpaired) electrons. The van der Waals surface area contributed by atoms with Gasteiger partial charge in [-0.25, -0.2) is 8.78 Å². The number of ether oxygens (including phenoxy) is 3. The molecule has 1 atom stereocenters. The number of hydrogen-bond donors (Lipinski definition) is 4. The van der Waals surface area contributed by atoms with Gasteiger partial charge >= 0.3 is 0 Å². The molecule has 4 aromatic rings. The minimum Gasteiger partial charge on any atom is -0.493 e. The number of rotatable bonds is 18. The van der Waals surface area contributed by atoms with E-state index in [1.807, 2.05) is 13.8 Å². The number of pyridine rings is 1. The van der Waals surface area contributed by atoms with Gasteiger partial charge in [-0.3, -0.25) is 19.4 Å². The van der Waals surface area contributed by atoms with E-state index in [9.17, 15) is 18.8 Å². The number of carbonyl (C=O) groups excluding carboxylic acids is 3. The number of nitrogens with one attached hydrogen (secondary N) is 3. The molecule has 1 saturated carbocycles. The number of anilines is 2. The van der Waals surface area contributed by atoms with E-state index in [2.05, 4.69) is 20.9 Å². The topological polar surface area (TPSA) is 154 Å². The van der Waals surface area contributed by atoms with E-state index in [1.165, 1.54) is 55.3 Å². The number of aromatic nitrogens is 1. The number of nitrogens with two attached hydrogens (primary N) is 1. The number of thioether (sulfide) groups is 1. The highest BCUT2D eigenvalue weighted by atomic mass is 32.2. The molecule has 1 heterocycles. The van der Waals surface area contributed by atoms with E-state index in [1.54, 1.807) is 24.4 Å². The second-order valence-corrected chi connectivity index (χ2v) is 13.8. The lowest BCUT2D eigenvalue weighted by molar-refractivity contribution is -0.131. The fraction of sp³-hybridized carbons (Fsp3) is 0.368. The number of hydrogen-bond acceptors (Lipinski definition) is 10. The summed E-state index contributed by atoms with van der Waals surface area (Å²) in [4.78, 5) is 42.4. The first kappa shape index (κ1) is 38.4. The Morgan fingerprint density at radius 1 is 0.885 bits per heavy atom. The predicted molar refractivity (Wildman–Crippen MR) is 198 cm³/mol. The van der Waals surface area contributed by atoms with Gasteiger partial charge < -0.3 is 35.9 Å². The van der Waals surface area contributed by atoms with Gasteiger partial charge in [-0.15, -0.1) is 0 Å². The van der Waals surface area contributed by atoms with Crippen LogP contribution in [0.2, 0.25) is 0 Å². The Bertz CT molecular complexity index is 1890. The lowest BCUT2D eigenvalue weighted by Crippen LogP contribution is -2.35. The van der Waals surface area contributed by atoms with Crippen LogP contribution in [0.3, 0.4) is 0 Å². The molecule has 1 unspecified atom stereocenters. The van der Waals surface area contributed by atoms with Crippen molar-refractivity contribution in [3.63, 3.8) is 0 Å². The highest BCUT2D eigenvalue weighted by Crippen LogP contribution is 2.47. The molecule has 14 heteroatoms. The van der Waals surface area contributed by atoms with E-state index in [0.717, 1.165) is 31.9 Å². The number of carbonyl (C=O) groups is 3. The zero-order valence-corrected chi connectivity index (χ0v) is 30.1. The summed E-state index contributed by atoms with van der Waals surface area (Å²) in [5.74, 6) is -0.372. The van der Waals surface area contributed by atoms with Crippen molar-refractivity contribution in [3.8, 4) is 23.0 Å². The van der Waals surface area contributed by atoms with Gasteiger partial charge in [0.2, 0.25) is 16.9 Å². The second kappa shape index (κ2) is 17.6. The largest absolute Gasteiger partial charge is 0.493 e. The third-order valence-electron chi connectivity index (χ3n) is 8.68. The fourth-order valence-corrected chi connectivity index (χ4v) is 6.11. The molecule has 3 aromatic carbocycles. The van der Waals surface area contributed by atoms with Crippen molar-refractivity contribution in [1.29, 1.82) is 0 Å². The van der Waals surface area contributed by atoms with Gasteiger partial charge in [-0.2, -0.15) is 0 Å². The van der Waals surface area contributed by atoms with Gasteiger partial charge in [0.05, 0.1) is 25.3 Å². The number of halogens is 2. The normalized spacial score (nSPS) is 13.8. The van der Waals surface area contributed by atoms with E-state index < -0.39 is 34.9 Å². The van der Waals surface area contributed by atoms with Gasteiger partial charge in [0.15, 0.2) is 23.1 Å². The van der Waals surface area contributed by atoms with E-state index in [4.69, 9.17) is 19.9 Å². The Morgan fingerprint density at radius 2 is 1.60 bits per heavy atom. The molecule has 5 rings (SSSR count). The third kappa shape index (κ3) is 9.75. The Labute approximate surface area is 305 Å². The molecule has 11 nitrogen and oxygen atoms in total. The van der Waals surface area contributed by atoms with Crippen molar-refractivity contribution in [2.75, 3.05) is 36.8 Å². The van der Waals surface area contributed by atoms with Crippen LogP contribution >= 0.6 is 11.8 Å². The fourth-order valence-electron chi connectivity index (χ4n) is 5.26. The second-order valence-electron chi connectivity index (χ2n) is 12.9. The van der Waals surface area contributed by atoms with E-state index >= 15 is 4.39 Å². The first-order valence-corrected chi connectivity index (χ1v) is 18.1. The van der Waals surface area contributed by atoms with Crippen molar-refractivity contribution >= 4 is 51.0 Å². The molecule has 2 amide bonds. The van der Waals surface area contributed by atoms with Crippen LogP contribution in [0, 0.1) is 23.0 Å². The van der Waals surface area contributed by atoms with Crippen LogP contribution in [0.1, 0.15) is 46.0 Å². The van der Waals surface area contributed by atoms with E-state index in [-0.39, 0.29) is 22.5 Å². The quantitative estimate of drug-likeness (QED) is 0.0477. The molecule has 0 spiro atoms. The Hall–Kier alpha value is -4.79. The van der Waals surface area contributed by atoms with Crippen LogP contribution < -0.4 is 35.9 Å². The zero-order valence-electron chi connectivity index (χ0n) is 29.3. The summed E-state index contributed by atoms with van der Waals surface area (Å²) < 4.78 is 46.1. The van der Waals surface area contributed by atoms with E-state index in [0.29, 0.717) is 59.2 Å². The molecule has 0 saturated heterocycles. The number of fused-ring (bicyclic) bond motifs is 1. The SMILES string of the molecule is COc1cc2c(Oc3ccc(NC(=O)C4(C(=O)Nc5ccc(F)cc5)CC4)cc3F)ccnc2cc1OCCCCCNCSC(=O)C(N)C(C)C. The van der Waals surface area contributed by atoms with Gasteiger partial charge in [-0.1, -0.05) is 25.6 Å². The lowest BCUT2D eigenvalue weighted by atomic mass is 10.0. The van der Waals surface area contributed by atoms with Crippen molar-refractivity contribution in [2.45, 2.75) is 52.0 Å². The molecule has 1 aliphatic rings. The summed E-state index contributed by atoms with van der Waals surface area (Å²) in [7, 11) is 1.53.